The summed E-state index contributed by atoms with van der Waals surface area (Å²) in [4.78, 5) is 14.8. The largest absolute Gasteiger partial charge is 0.478 e. The molecule has 2 rings (SSSR count). The van der Waals surface area contributed by atoms with E-state index in [0.29, 0.717) is 18.9 Å². The van der Waals surface area contributed by atoms with Crippen LogP contribution >= 0.6 is 0 Å². The zero-order valence-electron chi connectivity index (χ0n) is 9.08. The summed E-state index contributed by atoms with van der Waals surface area (Å²) in [6.45, 7) is 1.34. The number of pyridine rings is 1. The Bertz CT molecular complexity index is 496. The number of aromatic carboxylic acids is 1. The number of nitrogens with one attached hydrogen (secondary N) is 1. The highest BCUT2D eigenvalue weighted by atomic mass is 16.4. The van der Waals surface area contributed by atoms with Crippen LogP contribution in [0.1, 0.15) is 10.4 Å². The Hall–Kier alpha value is -2.37. The zero-order chi connectivity index (χ0) is 12.1. The number of rotatable bonds is 5. The van der Waals surface area contributed by atoms with Crippen LogP contribution < -0.4 is 5.32 Å². The van der Waals surface area contributed by atoms with E-state index in [2.05, 4.69) is 15.4 Å². The lowest BCUT2D eigenvalue weighted by molar-refractivity contribution is 0.0697. The Balaban J connectivity index is 1.90. The van der Waals surface area contributed by atoms with E-state index in [1.54, 1.807) is 10.9 Å². The molecular formula is C11H12N4O2. The van der Waals surface area contributed by atoms with Gasteiger partial charge in [-0.3, -0.25) is 4.68 Å². The van der Waals surface area contributed by atoms with Gasteiger partial charge in [-0.25, -0.2) is 9.78 Å². The minimum Gasteiger partial charge on any atom is -0.478 e. The molecule has 0 aliphatic rings. The maximum Gasteiger partial charge on any atom is 0.335 e. The SMILES string of the molecule is O=C(O)c1ccnc(NCCn2cccn2)c1. The van der Waals surface area contributed by atoms with Gasteiger partial charge in [-0.1, -0.05) is 0 Å². The average molecular weight is 232 g/mol. The van der Waals surface area contributed by atoms with E-state index in [4.69, 9.17) is 5.11 Å². The molecule has 0 saturated heterocycles. The molecule has 0 saturated carbocycles. The maximum atomic E-state index is 10.7. The van der Waals surface area contributed by atoms with Crippen LogP contribution in [0.4, 0.5) is 5.82 Å². The monoisotopic (exact) mass is 232 g/mol. The van der Waals surface area contributed by atoms with Gasteiger partial charge in [-0.05, 0) is 18.2 Å². The van der Waals surface area contributed by atoms with Crippen LogP contribution in [-0.2, 0) is 6.54 Å². The summed E-state index contributed by atoms with van der Waals surface area (Å²) in [7, 11) is 0. The van der Waals surface area contributed by atoms with Crippen molar-refractivity contribution in [2.75, 3.05) is 11.9 Å². The Labute approximate surface area is 97.9 Å². The highest BCUT2D eigenvalue weighted by Crippen LogP contribution is 2.06. The number of carbonyl (C=O) groups is 1. The number of aromatic nitrogens is 3. The average Bonchev–Trinajstić information content (AvgIpc) is 2.82. The van der Waals surface area contributed by atoms with E-state index < -0.39 is 5.97 Å². The van der Waals surface area contributed by atoms with Gasteiger partial charge in [-0.15, -0.1) is 0 Å². The van der Waals surface area contributed by atoms with Crippen LogP contribution in [0, 0.1) is 0 Å². The highest BCUT2D eigenvalue weighted by molar-refractivity contribution is 5.88. The summed E-state index contributed by atoms with van der Waals surface area (Å²) in [6, 6.07) is 4.82. The molecule has 0 radical (unpaired) electrons. The summed E-state index contributed by atoms with van der Waals surface area (Å²) in [5.74, 6) is -0.403. The molecule has 6 heteroatoms. The van der Waals surface area contributed by atoms with Gasteiger partial charge < -0.3 is 10.4 Å². The number of carboxylic acid groups (broad SMARTS) is 1. The molecule has 6 nitrogen and oxygen atoms in total. The molecule has 2 aromatic rings. The molecule has 0 spiro atoms. The molecule has 0 bridgehead atoms. The fraction of sp³-hybridized carbons (Fsp3) is 0.182. The predicted molar refractivity (Wildman–Crippen MR) is 61.9 cm³/mol. The second-order valence-corrected chi connectivity index (χ2v) is 3.43. The van der Waals surface area contributed by atoms with E-state index in [-0.39, 0.29) is 5.56 Å². The molecular weight excluding hydrogens is 220 g/mol. The van der Waals surface area contributed by atoms with E-state index in [1.165, 1.54) is 18.3 Å². The number of anilines is 1. The standard InChI is InChI=1S/C11H12N4O2/c16-11(17)9-2-4-12-10(8-9)13-5-7-15-6-1-3-14-15/h1-4,6,8H,5,7H2,(H,12,13)(H,16,17). The molecule has 2 N–H and O–H groups in total. The third-order valence-electron chi connectivity index (χ3n) is 2.21. The fourth-order valence-electron chi connectivity index (χ4n) is 1.39. The fourth-order valence-corrected chi connectivity index (χ4v) is 1.39. The Morgan fingerprint density at radius 2 is 2.35 bits per heavy atom. The lowest BCUT2D eigenvalue weighted by atomic mass is 10.2. The van der Waals surface area contributed by atoms with Crippen molar-refractivity contribution in [1.29, 1.82) is 0 Å². The summed E-state index contributed by atoms with van der Waals surface area (Å²) in [5, 5.41) is 15.9. The molecule has 17 heavy (non-hydrogen) atoms. The number of nitrogens with zero attached hydrogens (tertiary/aromatic N) is 3. The molecule has 0 aliphatic carbocycles. The topological polar surface area (TPSA) is 80.0 Å². The maximum absolute atomic E-state index is 10.7. The molecule has 88 valence electrons. The van der Waals surface area contributed by atoms with Gasteiger partial charge >= 0.3 is 5.97 Å². The highest BCUT2D eigenvalue weighted by Gasteiger charge is 2.03. The minimum absolute atomic E-state index is 0.224. The Kier molecular flexibility index (Phi) is 3.34. The lowest BCUT2D eigenvalue weighted by Gasteiger charge is -2.06. The number of carboxylic acids is 1. The summed E-state index contributed by atoms with van der Waals surface area (Å²) >= 11 is 0. The zero-order valence-corrected chi connectivity index (χ0v) is 9.08. The van der Waals surface area contributed by atoms with Crippen molar-refractivity contribution in [1.82, 2.24) is 14.8 Å². The van der Waals surface area contributed by atoms with Gasteiger partial charge in [0, 0.05) is 25.1 Å². The summed E-state index contributed by atoms with van der Waals surface area (Å²) in [5.41, 5.74) is 0.224. The van der Waals surface area contributed by atoms with Crippen molar-refractivity contribution in [2.45, 2.75) is 6.54 Å². The van der Waals surface area contributed by atoms with Gasteiger partial charge in [0.15, 0.2) is 0 Å². The van der Waals surface area contributed by atoms with Crippen molar-refractivity contribution in [3.63, 3.8) is 0 Å². The quantitative estimate of drug-likeness (QED) is 0.806. The van der Waals surface area contributed by atoms with E-state index in [1.807, 2.05) is 12.3 Å². The van der Waals surface area contributed by atoms with Gasteiger partial charge in [-0.2, -0.15) is 5.10 Å². The van der Waals surface area contributed by atoms with Gasteiger partial charge in [0.25, 0.3) is 0 Å². The second-order valence-electron chi connectivity index (χ2n) is 3.43. The minimum atomic E-state index is -0.956. The van der Waals surface area contributed by atoms with E-state index in [0.717, 1.165) is 0 Å². The van der Waals surface area contributed by atoms with Crippen LogP contribution in [0.25, 0.3) is 0 Å². The lowest BCUT2D eigenvalue weighted by Crippen LogP contribution is -2.12. The van der Waals surface area contributed by atoms with E-state index in [9.17, 15) is 4.79 Å². The first kappa shape index (κ1) is 11.1. The van der Waals surface area contributed by atoms with Gasteiger partial charge in [0.2, 0.25) is 0 Å². The molecule has 0 aliphatic heterocycles. The van der Waals surface area contributed by atoms with Crippen molar-refractivity contribution >= 4 is 11.8 Å². The van der Waals surface area contributed by atoms with Crippen molar-refractivity contribution in [3.05, 3.63) is 42.4 Å². The Morgan fingerprint density at radius 3 is 3.06 bits per heavy atom. The van der Waals surface area contributed by atoms with Crippen LogP contribution in [0.15, 0.2) is 36.8 Å². The summed E-state index contributed by atoms with van der Waals surface area (Å²) in [6.07, 6.45) is 5.05. The van der Waals surface area contributed by atoms with Crippen molar-refractivity contribution in [2.24, 2.45) is 0 Å². The van der Waals surface area contributed by atoms with Crippen LogP contribution in [0.2, 0.25) is 0 Å². The van der Waals surface area contributed by atoms with Crippen molar-refractivity contribution in [3.8, 4) is 0 Å². The number of hydrogen-bond acceptors (Lipinski definition) is 4. The first-order valence-corrected chi connectivity index (χ1v) is 5.16. The molecule has 0 unspecified atom stereocenters. The number of hydrogen-bond donors (Lipinski definition) is 2. The van der Waals surface area contributed by atoms with Gasteiger partial charge in [0.05, 0.1) is 12.1 Å². The molecule has 0 aromatic carbocycles. The van der Waals surface area contributed by atoms with Crippen molar-refractivity contribution < 1.29 is 9.90 Å². The summed E-state index contributed by atoms with van der Waals surface area (Å²) < 4.78 is 1.79. The van der Waals surface area contributed by atoms with Crippen LogP contribution in [-0.4, -0.2) is 32.4 Å². The van der Waals surface area contributed by atoms with E-state index >= 15 is 0 Å². The molecule has 0 fully saturated rings. The Morgan fingerprint density at radius 1 is 1.47 bits per heavy atom. The molecule has 0 atom stereocenters. The van der Waals surface area contributed by atoms with Crippen LogP contribution in [0.5, 0.6) is 0 Å². The third-order valence-corrected chi connectivity index (χ3v) is 2.21. The molecule has 2 aromatic heterocycles. The van der Waals surface area contributed by atoms with Crippen LogP contribution in [0.3, 0.4) is 0 Å². The predicted octanol–water partition coefficient (Wildman–Crippen LogP) is 1.09. The first-order valence-electron chi connectivity index (χ1n) is 5.16. The first-order chi connectivity index (χ1) is 8.25. The second kappa shape index (κ2) is 5.11. The third kappa shape index (κ3) is 3.04. The normalized spacial score (nSPS) is 10.1. The smallest absolute Gasteiger partial charge is 0.335 e. The molecule has 0 amide bonds. The van der Waals surface area contributed by atoms with Gasteiger partial charge in [0.1, 0.15) is 5.82 Å². The molecule has 2 heterocycles.